The summed E-state index contributed by atoms with van der Waals surface area (Å²) in [6.07, 6.45) is 1.75. The molecule has 0 bridgehead atoms. The maximum absolute atomic E-state index is 12.7. The van der Waals surface area contributed by atoms with Crippen LogP contribution in [0.1, 0.15) is 25.6 Å². The third-order valence-corrected chi connectivity index (χ3v) is 7.03. The molecule has 1 aliphatic rings. The Morgan fingerprint density at radius 1 is 1.14 bits per heavy atom. The van der Waals surface area contributed by atoms with Gasteiger partial charge >= 0.3 is 5.97 Å². The van der Waals surface area contributed by atoms with Crippen LogP contribution >= 0.6 is 11.3 Å². The number of fused-ring (bicyclic) bond motifs is 2. The van der Waals surface area contributed by atoms with Crippen molar-refractivity contribution >= 4 is 54.7 Å². The molecule has 0 fully saturated rings. The predicted octanol–water partition coefficient (Wildman–Crippen LogP) is 3.26. The van der Waals surface area contributed by atoms with Gasteiger partial charge in [0.1, 0.15) is 4.88 Å². The van der Waals surface area contributed by atoms with Crippen LogP contribution in [0.3, 0.4) is 0 Å². The van der Waals surface area contributed by atoms with E-state index in [1.54, 1.807) is 36.4 Å². The van der Waals surface area contributed by atoms with E-state index in [2.05, 4.69) is 5.32 Å². The van der Waals surface area contributed by atoms with Gasteiger partial charge in [-0.3, -0.25) is 9.10 Å². The number of methoxy groups -OCH3 is 1. The van der Waals surface area contributed by atoms with E-state index in [4.69, 9.17) is 4.74 Å². The number of rotatable bonds is 4. The van der Waals surface area contributed by atoms with Crippen molar-refractivity contribution in [1.29, 1.82) is 0 Å². The fourth-order valence-corrected chi connectivity index (χ4v) is 5.30. The number of thiophene rings is 1. The van der Waals surface area contributed by atoms with E-state index in [9.17, 15) is 18.0 Å². The lowest BCUT2D eigenvalue weighted by molar-refractivity contribution is 0.0606. The van der Waals surface area contributed by atoms with E-state index >= 15 is 0 Å². The first-order chi connectivity index (χ1) is 13.8. The predicted molar refractivity (Wildman–Crippen MR) is 113 cm³/mol. The van der Waals surface area contributed by atoms with Gasteiger partial charge in [0.05, 0.1) is 19.1 Å². The number of anilines is 2. The van der Waals surface area contributed by atoms with Crippen LogP contribution < -0.4 is 9.62 Å². The highest BCUT2D eigenvalue weighted by Crippen LogP contribution is 2.32. The lowest BCUT2D eigenvalue weighted by Crippen LogP contribution is -2.27. The summed E-state index contributed by atoms with van der Waals surface area (Å²) >= 11 is 1.33. The third kappa shape index (κ3) is 3.70. The average molecular weight is 431 g/mol. The number of benzene rings is 2. The van der Waals surface area contributed by atoms with E-state index in [1.807, 2.05) is 6.07 Å². The van der Waals surface area contributed by atoms with Crippen molar-refractivity contribution < 1.29 is 22.7 Å². The smallest absolute Gasteiger partial charge is 0.348 e. The summed E-state index contributed by atoms with van der Waals surface area (Å²) < 4.78 is 30.7. The molecule has 0 saturated carbocycles. The molecule has 1 amide bonds. The van der Waals surface area contributed by atoms with Crippen LogP contribution in [0.4, 0.5) is 11.4 Å². The van der Waals surface area contributed by atoms with Crippen LogP contribution in [0.15, 0.2) is 42.5 Å². The molecule has 0 aliphatic carbocycles. The zero-order chi connectivity index (χ0) is 20.8. The molecular weight excluding hydrogens is 412 g/mol. The molecule has 1 aliphatic heterocycles. The quantitative estimate of drug-likeness (QED) is 0.642. The maximum atomic E-state index is 12.7. The van der Waals surface area contributed by atoms with Gasteiger partial charge in [-0.2, -0.15) is 0 Å². The van der Waals surface area contributed by atoms with Crippen molar-refractivity contribution in [2.24, 2.45) is 0 Å². The number of amides is 1. The summed E-state index contributed by atoms with van der Waals surface area (Å²) in [5.41, 5.74) is 2.52. The van der Waals surface area contributed by atoms with Crippen LogP contribution in [0.25, 0.3) is 10.1 Å². The number of hydrogen-bond acceptors (Lipinski definition) is 6. The fraction of sp³-hybridized carbons (Fsp3) is 0.200. The average Bonchev–Trinajstić information content (AvgIpc) is 3.30. The number of carbonyl (C=O) groups excluding carboxylic acids is 2. The minimum atomic E-state index is -3.32. The van der Waals surface area contributed by atoms with Crippen molar-refractivity contribution in [2.45, 2.75) is 6.42 Å². The van der Waals surface area contributed by atoms with Gasteiger partial charge in [0, 0.05) is 22.5 Å². The van der Waals surface area contributed by atoms with E-state index in [-0.39, 0.29) is 5.91 Å². The Bertz CT molecular complexity index is 1250. The summed E-state index contributed by atoms with van der Waals surface area (Å²) in [7, 11) is -1.99. The van der Waals surface area contributed by atoms with Gasteiger partial charge in [0.2, 0.25) is 10.0 Å². The van der Waals surface area contributed by atoms with Crippen molar-refractivity contribution in [2.75, 3.05) is 29.5 Å². The fourth-order valence-electron chi connectivity index (χ4n) is 3.38. The zero-order valence-electron chi connectivity index (χ0n) is 15.8. The molecule has 3 aromatic rings. The standard InChI is InChI=1S/C20H18N2O5S2/c1-27-20(24)18-11-14-10-15(4-6-17(14)28-18)21-19(23)13-3-5-16-12(9-13)7-8-22(16)29(2,25)26/h3-6,9-11H,7-8H2,1-2H3,(H,21,23). The monoisotopic (exact) mass is 430 g/mol. The van der Waals surface area contributed by atoms with Gasteiger partial charge in [0.15, 0.2) is 0 Å². The molecule has 0 atom stereocenters. The highest BCUT2D eigenvalue weighted by Gasteiger charge is 2.26. The number of esters is 1. The van der Waals surface area contributed by atoms with Crippen molar-refractivity contribution in [3.05, 3.63) is 58.5 Å². The topological polar surface area (TPSA) is 92.8 Å². The summed E-state index contributed by atoms with van der Waals surface area (Å²) in [6, 6.07) is 12.2. The molecular formula is C20H18N2O5S2. The molecule has 4 rings (SSSR count). The van der Waals surface area contributed by atoms with Crippen LogP contribution in [-0.2, 0) is 21.2 Å². The first kappa shape index (κ1) is 19.4. The summed E-state index contributed by atoms with van der Waals surface area (Å²) in [6.45, 7) is 0.386. The summed E-state index contributed by atoms with van der Waals surface area (Å²) in [5, 5.41) is 3.69. The maximum Gasteiger partial charge on any atom is 0.348 e. The SMILES string of the molecule is COC(=O)c1cc2cc(NC(=O)c3ccc4c(c3)CCN4S(C)(=O)=O)ccc2s1. The summed E-state index contributed by atoms with van der Waals surface area (Å²) in [5.74, 6) is -0.675. The summed E-state index contributed by atoms with van der Waals surface area (Å²) in [4.78, 5) is 24.9. The molecule has 0 spiro atoms. The van der Waals surface area contributed by atoms with Crippen molar-refractivity contribution in [3.8, 4) is 0 Å². The number of nitrogens with zero attached hydrogens (tertiary/aromatic N) is 1. The molecule has 1 aromatic heterocycles. The normalized spacial score (nSPS) is 13.4. The first-order valence-corrected chi connectivity index (χ1v) is 11.5. The lowest BCUT2D eigenvalue weighted by atomic mass is 10.1. The van der Waals surface area contributed by atoms with Gasteiger partial charge in [-0.15, -0.1) is 11.3 Å². The largest absolute Gasteiger partial charge is 0.465 e. The number of nitrogens with one attached hydrogen (secondary N) is 1. The Hall–Kier alpha value is -2.91. The van der Waals surface area contributed by atoms with Gasteiger partial charge in [-0.1, -0.05) is 0 Å². The molecule has 0 radical (unpaired) electrons. The Morgan fingerprint density at radius 3 is 2.66 bits per heavy atom. The Kier molecular flexibility index (Phi) is 4.79. The third-order valence-electron chi connectivity index (χ3n) is 4.76. The Balaban J connectivity index is 1.56. The van der Waals surface area contributed by atoms with Gasteiger partial charge in [0.25, 0.3) is 5.91 Å². The van der Waals surface area contributed by atoms with E-state index < -0.39 is 16.0 Å². The van der Waals surface area contributed by atoms with E-state index in [0.29, 0.717) is 34.8 Å². The Labute approximate surface area is 172 Å². The van der Waals surface area contributed by atoms with Crippen LogP contribution in [-0.4, -0.2) is 40.2 Å². The minimum Gasteiger partial charge on any atom is -0.465 e. The van der Waals surface area contributed by atoms with Gasteiger partial charge in [-0.25, -0.2) is 13.2 Å². The molecule has 1 N–H and O–H groups in total. The van der Waals surface area contributed by atoms with Crippen molar-refractivity contribution in [3.63, 3.8) is 0 Å². The molecule has 7 nitrogen and oxygen atoms in total. The molecule has 2 aromatic carbocycles. The lowest BCUT2D eigenvalue weighted by Gasteiger charge is -2.16. The molecule has 2 heterocycles. The highest BCUT2D eigenvalue weighted by molar-refractivity contribution is 7.92. The number of carbonyl (C=O) groups is 2. The second kappa shape index (κ2) is 7.16. The van der Waals surface area contributed by atoms with Crippen LogP contribution in [0, 0.1) is 0 Å². The minimum absolute atomic E-state index is 0.284. The highest BCUT2D eigenvalue weighted by atomic mass is 32.2. The molecule has 9 heteroatoms. The Morgan fingerprint density at radius 2 is 1.93 bits per heavy atom. The van der Waals surface area contributed by atoms with Crippen molar-refractivity contribution in [1.82, 2.24) is 0 Å². The second-order valence-electron chi connectivity index (χ2n) is 6.74. The van der Waals surface area contributed by atoms with Crippen LogP contribution in [0.5, 0.6) is 0 Å². The molecule has 0 saturated heterocycles. The van der Waals surface area contributed by atoms with E-state index in [1.165, 1.54) is 29.0 Å². The molecule has 150 valence electrons. The van der Waals surface area contributed by atoms with E-state index in [0.717, 1.165) is 15.6 Å². The van der Waals surface area contributed by atoms with Gasteiger partial charge in [-0.05, 0) is 59.8 Å². The molecule has 29 heavy (non-hydrogen) atoms. The van der Waals surface area contributed by atoms with Crippen LogP contribution in [0.2, 0.25) is 0 Å². The molecule has 0 unspecified atom stereocenters. The first-order valence-electron chi connectivity index (χ1n) is 8.80. The zero-order valence-corrected chi connectivity index (χ0v) is 17.4. The second-order valence-corrected chi connectivity index (χ2v) is 9.73. The number of hydrogen-bond donors (Lipinski definition) is 1. The van der Waals surface area contributed by atoms with Gasteiger partial charge < -0.3 is 10.1 Å². The number of sulfonamides is 1. The number of ether oxygens (including phenoxy) is 1.